The van der Waals surface area contributed by atoms with Crippen molar-refractivity contribution in [2.24, 2.45) is 5.16 Å². The van der Waals surface area contributed by atoms with Crippen LogP contribution in [0.2, 0.25) is 10.0 Å². The van der Waals surface area contributed by atoms with E-state index in [1.807, 2.05) is 55.5 Å². The summed E-state index contributed by atoms with van der Waals surface area (Å²) in [4.78, 5) is 19.8. The van der Waals surface area contributed by atoms with Gasteiger partial charge in [-0.05, 0) is 42.3 Å². The highest BCUT2D eigenvalue weighted by molar-refractivity contribution is 6.31. The van der Waals surface area contributed by atoms with Gasteiger partial charge >= 0.3 is 6.03 Å². The first kappa shape index (κ1) is 19.5. The number of carbonyl (C=O) groups is 1. The fourth-order valence-corrected chi connectivity index (χ4v) is 3.26. The van der Waals surface area contributed by atoms with Gasteiger partial charge < -0.3 is 15.1 Å². The lowest BCUT2D eigenvalue weighted by atomic mass is 10.0. The molecule has 1 N–H and O–H groups in total. The summed E-state index contributed by atoms with van der Waals surface area (Å²) in [5.41, 5.74) is 2.79. The van der Waals surface area contributed by atoms with Crippen LogP contribution < -0.4 is 5.32 Å². The Morgan fingerprint density at radius 3 is 2.70 bits per heavy atom. The molecule has 1 atom stereocenters. The number of oxime groups is 1. The number of hydrogen-bond donors (Lipinski definition) is 1. The van der Waals surface area contributed by atoms with Crippen molar-refractivity contribution >= 4 is 34.9 Å². The molecule has 1 aliphatic heterocycles. The van der Waals surface area contributed by atoms with Crippen molar-refractivity contribution in [3.05, 3.63) is 69.7 Å². The summed E-state index contributed by atoms with van der Waals surface area (Å²) in [6.07, 6.45) is 0.435. The predicted molar refractivity (Wildman–Crippen MR) is 108 cm³/mol. The third kappa shape index (κ3) is 5.37. The van der Waals surface area contributed by atoms with E-state index >= 15 is 0 Å². The van der Waals surface area contributed by atoms with Crippen LogP contribution in [-0.4, -0.2) is 35.8 Å². The van der Waals surface area contributed by atoms with Crippen molar-refractivity contribution < 1.29 is 9.63 Å². The molecule has 1 aliphatic rings. The first-order chi connectivity index (χ1) is 13.0. The minimum atomic E-state index is -0.197. The van der Waals surface area contributed by atoms with E-state index in [4.69, 9.17) is 28.0 Å². The maximum absolute atomic E-state index is 12.5. The van der Waals surface area contributed by atoms with Gasteiger partial charge in [0.25, 0.3) is 0 Å². The highest BCUT2D eigenvalue weighted by Crippen LogP contribution is 2.20. The number of hydrogen-bond acceptors (Lipinski definition) is 3. The Hall–Kier alpha value is -2.24. The van der Waals surface area contributed by atoms with Gasteiger partial charge in [-0.1, -0.05) is 52.6 Å². The standard InChI is InChI=1S/C20H21Cl2N3O2/c1-2-23-20(26)25(12-14-4-3-5-17(22)10-14)13-18-11-19(24-27-18)15-6-8-16(21)9-7-15/h3-10,18H,2,11-13H2,1H3,(H,23,26)/t18-/m1/s1. The number of nitrogens with one attached hydrogen (secondary N) is 1. The van der Waals surface area contributed by atoms with E-state index in [-0.39, 0.29) is 12.1 Å². The maximum Gasteiger partial charge on any atom is 0.317 e. The van der Waals surface area contributed by atoms with Crippen LogP contribution in [0, 0.1) is 0 Å². The number of rotatable bonds is 6. The van der Waals surface area contributed by atoms with Crippen LogP contribution in [0.15, 0.2) is 53.7 Å². The quantitative estimate of drug-likeness (QED) is 0.755. The molecule has 2 aromatic carbocycles. The van der Waals surface area contributed by atoms with Crippen LogP contribution in [0.4, 0.5) is 4.79 Å². The van der Waals surface area contributed by atoms with Crippen LogP contribution in [-0.2, 0) is 11.4 Å². The number of urea groups is 1. The molecule has 0 bridgehead atoms. The second-order valence-electron chi connectivity index (χ2n) is 6.32. The monoisotopic (exact) mass is 405 g/mol. The predicted octanol–water partition coefficient (Wildman–Crippen LogP) is 4.72. The second kappa shape index (κ2) is 9.11. The molecule has 0 fully saturated rings. The van der Waals surface area contributed by atoms with Gasteiger partial charge in [-0.3, -0.25) is 0 Å². The lowest BCUT2D eigenvalue weighted by Gasteiger charge is -2.25. The van der Waals surface area contributed by atoms with Crippen molar-refractivity contribution in [3.63, 3.8) is 0 Å². The SMILES string of the molecule is CCNC(=O)N(Cc1cccc(Cl)c1)C[C@H]1CC(c2ccc(Cl)cc2)=NO1. The van der Waals surface area contributed by atoms with E-state index in [0.29, 0.717) is 36.1 Å². The van der Waals surface area contributed by atoms with E-state index in [0.717, 1.165) is 16.8 Å². The van der Waals surface area contributed by atoms with Gasteiger partial charge in [0.15, 0.2) is 6.10 Å². The zero-order chi connectivity index (χ0) is 19.2. The summed E-state index contributed by atoms with van der Waals surface area (Å²) in [6, 6.07) is 14.8. The van der Waals surface area contributed by atoms with E-state index in [1.165, 1.54) is 0 Å². The summed E-state index contributed by atoms with van der Waals surface area (Å²) in [5.74, 6) is 0. The summed E-state index contributed by atoms with van der Waals surface area (Å²) >= 11 is 12.0. The molecular weight excluding hydrogens is 385 g/mol. The fourth-order valence-electron chi connectivity index (χ4n) is 2.92. The molecule has 0 saturated carbocycles. The van der Waals surface area contributed by atoms with E-state index in [2.05, 4.69) is 10.5 Å². The molecule has 0 unspecified atom stereocenters. The molecular formula is C20H21Cl2N3O2. The van der Waals surface area contributed by atoms with E-state index in [1.54, 1.807) is 4.90 Å². The molecule has 142 valence electrons. The van der Waals surface area contributed by atoms with E-state index < -0.39 is 0 Å². The molecule has 0 aromatic heterocycles. The summed E-state index contributed by atoms with van der Waals surface area (Å²) in [6.45, 7) is 3.33. The van der Waals surface area contributed by atoms with E-state index in [9.17, 15) is 4.79 Å². The van der Waals surface area contributed by atoms with Crippen LogP contribution in [0.1, 0.15) is 24.5 Å². The van der Waals surface area contributed by atoms with Gasteiger partial charge in [0, 0.05) is 29.6 Å². The number of amides is 2. The van der Waals surface area contributed by atoms with Gasteiger partial charge in [0.05, 0.1) is 12.3 Å². The normalized spacial score (nSPS) is 15.8. The molecule has 0 radical (unpaired) electrons. The second-order valence-corrected chi connectivity index (χ2v) is 7.20. The Bertz CT molecular complexity index is 824. The Morgan fingerprint density at radius 2 is 2.00 bits per heavy atom. The van der Waals surface area contributed by atoms with Crippen LogP contribution in [0.3, 0.4) is 0 Å². The van der Waals surface area contributed by atoms with Gasteiger partial charge in [0.2, 0.25) is 0 Å². The van der Waals surface area contributed by atoms with Crippen LogP contribution in [0.5, 0.6) is 0 Å². The Morgan fingerprint density at radius 1 is 1.22 bits per heavy atom. The Kier molecular flexibility index (Phi) is 6.58. The number of benzene rings is 2. The summed E-state index contributed by atoms with van der Waals surface area (Å²) in [7, 11) is 0. The highest BCUT2D eigenvalue weighted by atomic mass is 35.5. The van der Waals surface area contributed by atoms with Crippen molar-refractivity contribution in [3.8, 4) is 0 Å². The zero-order valence-corrected chi connectivity index (χ0v) is 16.5. The third-order valence-corrected chi connectivity index (χ3v) is 4.70. The van der Waals surface area contributed by atoms with Crippen molar-refractivity contribution in [2.45, 2.75) is 26.0 Å². The highest BCUT2D eigenvalue weighted by Gasteiger charge is 2.26. The summed E-state index contributed by atoms with van der Waals surface area (Å²) < 4.78 is 0. The number of halogens is 2. The fraction of sp³-hybridized carbons (Fsp3) is 0.300. The Balaban J connectivity index is 1.66. The van der Waals surface area contributed by atoms with Crippen molar-refractivity contribution in [1.82, 2.24) is 10.2 Å². The molecule has 2 aromatic rings. The molecule has 0 aliphatic carbocycles. The molecule has 0 saturated heterocycles. The van der Waals surface area contributed by atoms with Crippen LogP contribution >= 0.6 is 23.2 Å². The minimum absolute atomic E-state index is 0.138. The minimum Gasteiger partial charge on any atom is -0.390 e. The van der Waals surface area contributed by atoms with Crippen LogP contribution in [0.25, 0.3) is 0 Å². The lowest BCUT2D eigenvalue weighted by molar-refractivity contribution is 0.0590. The number of nitrogens with zero attached hydrogens (tertiary/aromatic N) is 2. The van der Waals surface area contributed by atoms with Crippen molar-refractivity contribution in [2.75, 3.05) is 13.1 Å². The molecule has 27 heavy (non-hydrogen) atoms. The van der Waals surface area contributed by atoms with Gasteiger partial charge in [-0.25, -0.2) is 4.79 Å². The Labute approximate surface area is 168 Å². The number of carbonyl (C=O) groups excluding carboxylic acids is 1. The largest absolute Gasteiger partial charge is 0.390 e. The van der Waals surface area contributed by atoms with Gasteiger partial charge in [-0.15, -0.1) is 0 Å². The lowest BCUT2D eigenvalue weighted by Crippen LogP contribution is -2.43. The average Bonchev–Trinajstić information content (AvgIpc) is 3.10. The first-order valence-electron chi connectivity index (χ1n) is 8.81. The first-order valence-corrected chi connectivity index (χ1v) is 9.56. The summed E-state index contributed by atoms with van der Waals surface area (Å²) in [5, 5.41) is 8.37. The van der Waals surface area contributed by atoms with Gasteiger partial charge in [-0.2, -0.15) is 0 Å². The molecule has 0 spiro atoms. The molecule has 5 nitrogen and oxygen atoms in total. The van der Waals surface area contributed by atoms with Crippen molar-refractivity contribution in [1.29, 1.82) is 0 Å². The van der Waals surface area contributed by atoms with Gasteiger partial charge in [0.1, 0.15) is 0 Å². The average molecular weight is 406 g/mol. The molecule has 3 rings (SSSR count). The third-order valence-electron chi connectivity index (χ3n) is 4.21. The molecule has 1 heterocycles. The maximum atomic E-state index is 12.5. The molecule has 7 heteroatoms. The topological polar surface area (TPSA) is 53.9 Å². The smallest absolute Gasteiger partial charge is 0.317 e. The zero-order valence-electron chi connectivity index (χ0n) is 15.0. The molecule has 2 amide bonds.